The Morgan fingerprint density at radius 1 is 1.09 bits per heavy atom. The van der Waals surface area contributed by atoms with Gasteiger partial charge in [0.25, 0.3) is 0 Å². The summed E-state index contributed by atoms with van der Waals surface area (Å²) in [5.41, 5.74) is 1.22. The van der Waals surface area contributed by atoms with E-state index in [0.29, 0.717) is 17.2 Å². The first-order valence-corrected chi connectivity index (χ1v) is 13.8. The number of piperidine rings is 1. The van der Waals surface area contributed by atoms with Crippen LogP contribution in [0.4, 0.5) is 0 Å². The highest BCUT2D eigenvalue weighted by Gasteiger charge is 2.39. The van der Waals surface area contributed by atoms with Crippen LogP contribution in [0.1, 0.15) is 64.3 Å². The van der Waals surface area contributed by atoms with Gasteiger partial charge in [-0.15, -0.1) is 0 Å². The van der Waals surface area contributed by atoms with E-state index in [1.54, 1.807) is 16.7 Å². The van der Waals surface area contributed by atoms with Crippen LogP contribution >= 0.6 is 0 Å². The zero-order valence-corrected chi connectivity index (χ0v) is 19.9. The van der Waals surface area contributed by atoms with Crippen molar-refractivity contribution in [2.75, 3.05) is 26.0 Å². The topological polar surface area (TPSA) is 81.8 Å². The van der Waals surface area contributed by atoms with Gasteiger partial charge in [0.1, 0.15) is 0 Å². The summed E-state index contributed by atoms with van der Waals surface area (Å²) in [4.78, 5) is 15.4. The van der Waals surface area contributed by atoms with Crippen molar-refractivity contribution in [3.8, 4) is 0 Å². The summed E-state index contributed by atoms with van der Waals surface area (Å²) in [7, 11) is -3.35. The van der Waals surface area contributed by atoms with Gasteiger partial charge in [0, 0.05) is 37.5 Å². The predicted octanol–water partition coefficient (Wildman–Crippen LogP) is 3.76. The van der Waals surface area contributed by atoms with Gasteiger partial charge >= 0.3 is 5.76 Å². The summed E-state index contributed by atoms with van der Waals surface area (Å²) in [5.74, 6) is 0.418. The summed E-state index contributed by atoms with van der Waals surface area (Å²) >= 11 is 0. The van der Waals surface area contributed by atoms with Gasteiger partial charge in [-0.1, -0.05) is 0 Å². The number of oxazole rings is 1. The maximum Gasteiger partial charge on any atom is 0.420 e. The van der Waals surface area contributed by atoms with E-state index in [4.69, 9.17) is 9.15 Å². The molecule has 7 nitrogen and oxygen atoms in total. The normalized spacial score (nSPS) is 28.4. The van der Waals surface area contributed by atoms with E-state index in [0.717, 1.165) is 64.1 Å². The lowest BCUT2D eigenvalue weighted by atomic mass is 9.79. The van der Waals surface area contributed by atoms with Crippen molar-refractivity contribution >= 4 is 20.9 Å². The molecule has 1 saturated heterocycles. The highest BCUT2D eigenvalue weighted by atomic mass is 32.2. The molecule has 1 aliphatic heterocycles. The van der Waals surface area contributed by atoms with E-state index in [2.05, 4.69) is 11.8 Å². The van der Waals surface area contributed by atoms with E-state index in [1.165, 1.54) is 25.2 Å². The van der Waals surface area contributed by atoms with Gasteiger partial charge in [0.2, 0.25) is 0 Å². The quantitative estimate of drug-likeness (QED) is 0.650. The van der Waals surface area contributed by atoms with Crippen LogP contribution in [0, 0.1) is 5.92 Å². The molecule has 2 saturated carbocycles. The summed E-state index contributed by atoms with van der Waals surface area (Å²) in [6.07, 6.45) is 10.5. The second-order valence-electron chi connectivity index (χ2n) is 10.3. The van der Waals surface area contributed by atoms with Gasteiger partial charge in [-0.25, -0.2) is 13.2 Å². The minimum atomic E-state index is -3.35. The highest BCUT2D eigenvalue weighted by molar-refractivity contribution is 7.90. The summed E-state index contributed by atoms with van der Waals surface area (Å²) in [5, 5.41) is 0. The number of rotatable bonds is 6. The lowest BCUT2D eigenvalue weighted by Crippen LogP contribution is -2.53. The number of hydrogen-bond acceptors (Lipinski definition) is 6. The smallest absolute Gasteiger partial charge is 0.408 e. The number of sulfone groups is 1. The lowest BCUT2D eigenvalue weighted by Gasteiger charge is -2.48. The van der Waals surface area contributed by atoms with E-state index >= 15 is 0 Å². The average Bonchev–Trinajstić information content (AvgIpc) is 3.53. The Morgan fingerprint density at radius 3 is 2.41 bits per heavy atom. The summed E-state index contributed by atoms with van der Waals surface area (Å²) in [6.45, 7) is 5.18. The molecule has 8 heteroatoms. The van der Waals surface area contributed by atoms with Crippen LogP contribution < -0.4 is 5.76 Å². The fourth-order valence-corrected chi connectivity index (χ4v) is 6.15. The van der Waals surface area contributed by atoms with Crippen LogP contribution in [0.15, 0.2) is 32.3 Å². The molecule has 3 aliphatic rings. The van der Waals surface area contributed by atoms with Crippen LogP contribution in [0.5, 0.6) is 0 Å². The molecule has 0 spiro atoms. The summed E-state index contributed by atoms with van der Waals surface area (Å²) in [6, 6.07) is 4.69. The second-order valence-corrected chi connectivity index (χ2v) is 12.3. The molecule has 0 atom stereocenters. The highest BCUT2D eigenvalue weighted by Crippen LogP contribution is 2.39. The molecular weight excluding hydrogens is 428 g/mol. The zero-order chi connectivity index (χ0) is 22.5. The zero-order valence-electron chi connectivity index (χ0n) is 19.1. The summed E-state index contributed by atoms with van der Waals surface area (Å²) < 4.78 is 37.2. The van der Waals surface area contributed by atoms with Gasteiger partial charge in [-0.05, 0) is 82.4 Å². The van der Waals surface area contributed by atoms with E-state index in [1.807, 2.05) is 0 Å². The Kier molecular flexibility index (Phi) is 5.75. The standard InChI is InChI=1S/C24H34N2O5S/c1-24(11-7-19(8-12-24)30-16-17-3-4-17)25-13-9-18(10-14-25)26-21-15-20(32(2,28)29)5-6-22(21)31-23(26)27/h5-6,15,17-19H,3-4,7-14,16H2,1-2H3/t19-,24-. The SMILES string of the molecule is CS(=O)(=O)c1ccc2oc(=O)n(C3CCN([C@]4(C)CC[C@@H](OCC5CC5)CC4)CC3)c2c1. The Bertz CT molecular complexity index is 1130. The van der Waals surface area contributed by atoms with Crippen molar-refractivity contribution in [1.82, 2.24) is 9.47 Å². The average molecular weight is 463 g/mol. The van der Waals surface area contributed by atoms with Crippen molar-refractivity contribution in [1.29, 1.82) is 0 Å². The molecule has 0 N–H and O–H groups in total. The van der Waals surface area contributed by atoms with Gasteiger partial charge in [0.15, 0.2) is 15.4 Å². The third kappa shape index (κ3) is 4.41. The molecule has 1 aromatic heterocycles. The molecule has 2 aromatic rings. The third-order valence-electron chi connectivity index (χ3n) is 7.88. The van der Waals surface area contributed by atoms with Crippen LogP contribution in [-0.2, 0) is 14.6 Å². The number of ether oxygens (including phenoxy) is 1. The maximum absolute atomic E-state index is 12.6. The minimum Gasteiger partial charge on any atom is -0.408 e. The Morgan fingerprint density at radius 2 is 1.78 bits per heavy atom. The van der Waals surface area contributed by atoms with Gasteiger partial charge in [0.05, 0.1) is 16.5 Å². The Hall–Kier alpha value is -1.64. The molecule has 3 fully saturated rings. The van der Waals surface area contributed by atoms with Crippen molar-refractivity contribution in [2.24, 2.45) is 5.92 Å². The minimum absolute atomic E-state index is 0.0247. The van der Waals surface area contributed by atoms with Crippen LogP contribution in [0.3, 0.4) is 0 Å². The van der Waals surface area contributed by atoms with E-state index in [9.17, 15) is 13.2 Å². The third-order valence-corrected chi connectivity index (χ3v) is 8.99. The number of benzene rings is 1. The van der Waals surface area contributed by atoms with Gasteiger partial charge in [-0.3, -0.25) is 9.47 Å². The maximum atomic E-state index is 12.6. The first-order chi connectivity index (χ1) is 15.2. The number of fused-ring (bicyclic) bond motifs is 1. The van der Waals surface area contributed by atoms with Gasteiger partial charge < -0.3 is 9.15 Å². The number of hydrogen-bond donors (Lipinski definition) is 0. The number of aromatic nitrogens is 1. The first kappa shape index (κ1) is 22.2. The second kappa shape index (κ2) is 8.29. The fraction of sp³-hybridized carbons (Fsp3) is 0.708. The molecule has 0 unspecified atom stereocenters. The molecule has 1 aromatic carbocycles. The predicted molar refractivity (Wildman–Crippen MR) is 123 cm³/mol. The molecule has 2 aliphatic carbocycles. The van der Waals surface area contributed by atoms with Crippen LogP contribution in [0.25, 0.3) is 11.1 Å². The molecule has 0 radical (unpaired) electrons. The van der Waals surface area contributed by atoms with Gasteiger partial charge in [-0.2, -0.15) is 0 Å². The van der Waals surface area contributed by atoms with E-state index < -0.39 is 15.6 Å². The van der Waals surface area contributed by atoms with Crippen molar-refractivity contribution < 1.29 is 17.6 Å². The molecule has 32 heavy (non-hydrogen) atoms. The number of likely N-dealkylation sites (tertiary alicyclic amines) is 1. The molecular formula is C24H34N2O5S. The molecule has 5 rings (SSSR count). The van der Waals surface area contributed by atoms with Crippen molar-refractivity contribution in [2.45, 2.75) is 80.9 Å². The van der Waals surface area contributed by atoms with Crippen molar-refractivity contribution in [3.63, 3.8) is 0 Å². The molecule has 2 heterocycles. The Balaban J connectivity index is 1.25. The number of nitrogens with zero attached hydrogens (tertiary/aromatic N) is 2. The molecule has 0 amide bonds. The largest absolute Gasteiger partial charge is 0.420 e. The fourth-order valence-electron chi connectivity index (χ4n) is 5.51. The first-order valence-electron chi connectivity index (χ1n) is 11.9. The molecule has 176 valence electrons. The van der Waals surface area contributed by atoms with Crippen LogP contribution in [0.2, 0.25) is 0 Å². The van der Waals surface area contributed by atoms with Crippen LogP contribution in [-0.4, -0.2) is 55.5 Å². The monoisotopic (exact) mass is 462 g/mol. The lowest BCUT2D eigenvalue weighted by molar-refractivity contribution is -0.0336. The Labute approximate surface area is 189 Å². The van der Waals surface area contributed by atoms with Crippen molar-refractivity contribution in [3.05, 3.63) is 28.7 Å². The van der Waals surface area contributed by atoms with E-state index in [-0.39, 0.29) is 16.5 Å². The molecule has 0 bridgehead atoms.